The lowest BCUT2D eigenvalue weighted by Gasteiger charge is -2.26. The van der Waals surface area contributed by atoms with Crippen LogP contribution in [0.1, 0.15) is 40.9 Å². The Morgan fingerprint density at radius 2 is 2.21 bits per heavy atom. The van der Waals surface area contributed by atoms with E-state index in [1.165, 1.54) is 6.42 Å². The molecule has 1 amide bonds. The van der Waals surface area contributed by atoms with Gasteiger partial charge in [-0.3, -0.25) is 9.78 Å². The highest BCUT2D eigenvalue weighted by Crippen LogP contribution is 2.48. The Morgan fingerprint density at radius 1 is 1.38 bits per heavy atom. The topological polar surface area (TPSA) is 53.4 Å². The van der Waals surface area contributed by atoms with Crippen molar-refractivity contribution in [1.29, 1.82) is 0 Å². The van der Waals surface area contributed by atoms with Crippen LogP contribution in [0.15, 0.2) is 24.3 Å². The van der Waals surface area contributed by atoms with E-state index in [4.69, 9.17) is 0 Å². The lowest BCUT2D eigenvalue weighted by atomic mass is 9.82. The average molecular weight is 324 g/mol. The van der Waals surface area contributed by atoms with Crippen LogP contribution in [0.25, 0.3) is 10.9 Å². The highest BCUT2D eigenvalue weighted by Gasteiger charge is 2.50. The zero-order chi connectivity index (χ0) is 16.9. The zero-order valence-electron chi connectivity index (χ0n) is 14.4. The fraction of sp³-hybridized carbons (Fsp3) is 0.500. The Kier molecular flexibility index (Phi) is 3.61. The normalized spacial score (nSPS) is 26.1. The molecule has 1 aliphatic heterocycles. The number of carbonyl (C=O) groups excluding carboxylic acids is 1. The Labute approximate surface area is 142 Å². The number of amides is 1. The van der Waals surface area contributed by atoms with Crippen molar-refractivity contribution in [2.24, 2.45) is 11.3 Å². The molecule has 1 saturated carbocycles. The molecule has 4 nitrogen and oxygen atoms in total. The van der Waals surface area contributed by atoms with Gasteiger partial charge in [-0.25, -0.2) is 0 Å². The summed E-state index contributed by atoms with van der Waals surface area (Å²) < 4.78 is 0. The number of hydrogen-bond donors (Lipinski definition) is 1. The van der Waals surface area contributed by atoms with Crippen molar-refractivity contribution in [2.75, 3.05) is 19.7 Å². The number of aliphatic hydroxyl groups is 1. The van der Waals surface area contributed by atoms with Crippen LogP contribution < -0.4 is 0 Å². The van der Waals surface area contributed by atoms with Crippen LogP contribution in [0.5, 0.6) is 0 Å². The van der Waals surface area contributed by atoms with E-state index in [1.54, 1.807) is 0 Å². The number of pyridine rings is 1. The van der Waals surface area contributed by atoms with Gasteiger partial charge >= 0.3 is 0 Å². The molecule has 2 aliphatic rings. The van der Waals surface area contributed by atoms with E-state index in [9.17, 15) is 9.90 Å². The van der Waals surface area contributed by atoms with Crippen molar-refractivity contribution < 1.29 is 9.90 Å². The molecule has 24 heavy (non-hydrogen) atoms. The van der Waals surface area contributed by atoms with Crippen LogP contribution in [-0.4, -0.2) is 40.6 Å². The Balaban J connectivity index is 1.73. The number of rotatable bonds is 2. The second-order valence-corrected chi connectivity index (χ2v) is 7.63. The molecule has 2 aromatic rings. The fourth-order valence-electron chi connectivity index (χ4n) is 4.65. The summed E-state index contributed by atoms with van der Waals surface area (Å²) in [6.07, 6.45) is 3.33. The van der Waals surface area contributed by atoms with E-state index in [0.717, 1.165) is 47.1 Å². The summed E-state index contributed by atoms with van der Waals surface area (Å²) in [5.41, 5.74) is 3.55. The predicted molar refractivity (Wildman–Crippen MR) is 94.0 cm³/mol. The number of fused-ring (bicyclic) bond motifs is 2. The molecule has 2 heterocycles. The first kappa shape index (κ1) is 15.6. The molecule has 1 unspecified atom stereocenters. The van der Waals surface area contributed by atoms with Gasteiger partial charge in [-0.05, 0) is 50.8 Å². The highest BCUT2D eigenvalue weighted by atomic mass is 16.3. The largest absolute Gasteiger partial charge is 0.396 e. The second kappa shape index (κ2) is 5.55. The molecule has 4 rings (SSSR count). The van der Waals surface area contributed by atoms with E-state index < -0.39 is 0 Å². The van der Waals surface area contributed by atoms with Crippen molar-refractivity contribution >= 4 is 16.8 Å². The van der Waals surface area contributed by atoms with Crippen LogP contribution in [0.3, 0.4) is 0 Å². The van der Waals surface area contributed by atoms with Gasteiger partial charge in [0.25, 0.3) is 5.91 Å². The second-order valence-electron chi connectivity index (χ2n) is 7.63. The number of benzene rings is 1. The molecule has 2 fully saturated rings. The van der Waals surface area contributed by atoms with Crippen molar-refractivity contribution in [2.45, 2.75) is 33.1 Å². The summed E-state index contributed by atoms with van der Waals surface area (Å²) in [6.45, 7) is 5.62. The van der Waals surface area contributed by atoms with E-state index >= 15 is 0 Å². The van der Waals surface area contributed by atoms with Gasteiger partial charge in [0.1, 0.15) is 0 Å². The smallest absolute Gasteiger partial charge is 0.254 e. The first-order valence-corrected chi connectivity index (χ1v) is 8.80. The third-order valence-electron chi connectivity index (χ3n) is 5.96. The molecule has 0 bridgehead atoms. The van der Waals surface area contributed by atoms with Gasteiger partial charge in [-0.2, -0.15) is 0 Å². The Bertz CT molecular complexity index is 817. The molecular weight excluding hydrogens is 300 g/mol. The number of aryl methyl sites for hydroxylation is 2. The lowest BCUT2D eigenvalue weighted by Crippen LogP contribution is -2.34. The summed E-state index contributed by atoms with van der Waals surface area (Å²) in [4.78, 5) is 19.7. The van der Waals surface area contributed by atoms with Crippen LogP contribution in [-0.2, 0) is 0 Å². The maximum Gasteiger partial charge on any atom is 0.254 e. The molecule has 0 radical (unpaired) electrons. The lowest BCUT2D eigenvalue weighted by molar-refractivity contribution is 0.0736. The van der Waals surface area contributed by atoms with Gasteiger partial charge in [0.2, 0.25) is 0 Å². The number of carbonyl (C=O) groups is 1. The molecule has 1 saturated heterocycles. The van der Waals surface area contributed by atoms with E-state index in [2.05, 4.69) is 4.98 Å². The minimum absolute atomic E-state index is 0.0660. The maximum absolute atomic E-state index is 13.2. The minimum Gasteiger partial charge on any atom is -0.396 e. The van der Waals surface area contributed by atoms with E-state index in [0.29, 0.717) is 12.5 Å². The monoisotopic (exact) mass is 324 g/mol. The van der Waals surface area contributed by atoms with Crippen LogP contribution >= 0.6 is 0 Å². The van der Waals surface area contributed by atoms with Gasteiger partial charge in [-0.15, -0.1) is 0 Å². The molecule has 126 valence electrons. The number of likely N-dealkylation sites (tertiary alicyclic amines) is 1. The summed E-state index contributed by atoms with van der Waals surface area (Å²) >= 11 is 0. The molecule has 1 aliphatic carbocycles. The Morgan fingerprint density at radius 3 is 2.96 bits per heavy atom. The van der Waals surface area contributed by atoms with Gasteiger partial charge in [0, 0.05) is 29.6 Å². The molecule has 2 atom stereocenters. The number of nitrogens with zero attached hydrogens (tertiary/aromatic N) is 2. The van der Waals surface area contributed by atoms with Gasteiger partial charge in [0.05, 0.1) is 17.7 Å². The number of aromatic nitrogens is 1. The standard InChI is InChI=1S/C20H24N2O2/c1-13-5-6-18-16(8-13)17(9-14(2)21-18)19(24)22-10-15-4-3-7-20(15,11-22)12-23/h5-6,8-9,15,23H,3-4,7,10-12H2,1-2H3/t15?,20-/m0/s1. The van der Waals surface area contributed by atoms with Crippen molar-refractivity contribution in [3.05, 3.63) is 41.1 Å². The summed E-state index contributed by atoms with van der Waals surface area (Å²) in [7, 11) is 0. The Hall–Kier alpha value is -1.94. The molecule has 1 N–H and O–H groups in total. The van der Waals surface area contributed by atoms with E-state index in [1.807, 2.05) is 43.0 Å². The maximum atomic E-state index is 13.2. The quantitative estimate of drug-likeness (QED) is 0.923. The van der Waals surface area contributed by atoms with Crippen molar-refractivity contribution in [3.63, 3.8) is 0 Å². The number of hydrogen-bond acceptors (Lipinski definition) is 3. The minimum atomic E-state index is -0.0660. The van der Waals surface area contributed by atoms with Gasteiger partial charge < -0.3 is 10.0 Å². The highest BCUT2D eigenvalue weighted by molar-refractivity contribution is 6.06. The molecule has 1 aromatic heterocycles. The average Bonchev–Trinajstić information content (AvgIpc) is 3.11. The fourth-order valence-corrected chi connectivity index (χ4v) is 4.65. The third kappa shape index (κ3) is 2.32. The van der Waals surface area contributed by atoms with Crippen molar-refractivity contribution in [1.82, 2.24) is 9.88 Å². The molecule has 0 spiro atoms. The summed E-state index contributed by atoms with van der Waals surface area (Å²) in [5.74, 6) is 0.528. The van der Waals surface area contributed by atoms with Crippen LogP contribution in [0.4, 0.5) is 0 Å². The summed E-state index contributed by atoms with van der Waals surface area (Å²) in [5, 5.41) is 10.8. The first-order valence-electron chi connectivity index (χ1n) is 8.80. The SMILES string of the molecule is Cc1ccc2nc(C)cc(C(=O)N3CC4CCC[C@@]4(CO)C3)c2c1. The van der Waals surface area contributed by atoms with Gasteiger partial charge in [-0.1, -0.05) is 18.1 Å². The predicted octanol–water partition coefficient (Wildman–Crippen LogP) is 3.09. The molecular formula is C20H24N2O2. The van der Waals surface area contributed by atoms with Gasteiger partial charge in [0.15, 0.2) is 0 Å². The first-order chi connectivity index (χ1) is 11.5. The van der Waals surface area contributed by atoms with Crippen molar-refractivity contribution in [3.8, 4) is 0 Å². The van der Waals surface area contributed by atoms with Crippen LogP contribution in [0.2, 0.25) is 0 Å². The zero-order valence-corrected chi connectivity index (χ0v) is 14.4. The van der Waals surface area contributed by atoms with Crippen LogP contribution in [0, 0.1) is 25.2 Å². The third-order valence-corrected chi connectivity index (χ3v) is 5.96. The number of aliphatic hydroxyl groups excluding tert-OH is 1. The summed E-state index contributed by atoms with van der Waals surface area (Å²) in [6, 6.07) is 7.98. The molecule has 4 heteroatoms. The molecule has 1 aromatic carbocycles. The van der Waals surface area contributed by atoms with E-state index in [-0.39, 0.29) is 17.9 Å².